The van der Waals surface area contributed by atoms with Crippen LogP contribution in [0.2, 0.25) is 0 Å². The normalized spacial score (nSPS) is 15.5. The van der Waals surface area contributed by atoms with E-state index in [1.807, 2.05) is 0 Å². The van der Waals surface area contributed by atoms with Crippen LogP contribution >= 0.6 is 23.2 Å². The van der Waals surface area contributed by atoms with Gasteiger partial charge in [0.05, 0.1) is 5.34 Å². The van der Waals surface area contributed by atoms with E-state index in [9.17, 15) is 17.3 Å². The van der Waals surface area contributed by atoms with Gasteiger partial charge in [0.2, 0.25) is 6.34 Å². The van der Waals surface area contributed by atoms with Gasteiger partial charge >= 0.3 is 7.25 Å². The van der Waals surface area contributed by atoms with Gasteiger partial charge in [0, 0.05) is 22.3 Å². The van der Waals surface area contributed by atoms with Crippen LogP contribution in [0.1, 0.15) is 70.8 Å². The Morgan fingerprint density at radius 1 is 0.680 bits per heavy atom. The molecule has 6 rings (SSSR count). The van der Waals surface area contributed by atoms with Crippen LogP contribution in [0.5, 0.6) is 0 Å². The standard InChI is InChI=1S/C40H41N2.CH2Cl2.BF4/c1-27(2)34-22-15-16-29(4)38(34)42-26-41(36-23-14-13-21-35(36)37-30(5)24-28(3)25-31(37)6)39(32-17-9-7-10-18-32)40(42)33-19-11-8-12-20-33;2-1-3;2-1(3,4)5/h7-27,39-40H,1-6H3;1H2;/q+1;;-1/t39-,40-;;/m0../s1. The van der Waals surface area contributed by atoms with Crippen LogP contribution in [0, 0.1) is 27.7 Å². The summed E-state index contributed by atoms with van der Waals surface area (Å²) in [5, 5.41) is 0.194. The second-order valence-corrected chi connectivity index (χ2v) is 13.5. The van der Waals surface area contributed by atoms with Gasteiger partial charge in [0.15, 0.2) is 12.1 Å². The number of halogens is 6. The van der Waals surface area contributed by atoms with Gasteiger partial charge in [0.25, 0.3) is 0 Å². The molecule has 0 aromatic heterocycles. The Balaban J connectivity index is 0.000000637. The minimum absolute atomic E-state index is 0.0698. The van der Waals surface area contributed by atoms with Crippen LogP contribution in [0.4, 0.5) is 28.6 Å². The Kier molecular flexibility index (Phi) is 13.4. The van der Waals surface area contributed by atoms with Crippen molar-refractivity contribution in [3.05, 3.63) is 154 Å². The van der Waals surface area contributed by atoms with E-state index in [-0.39, 0.29) is 17.4 Å². The molecule has 0 aliphatic carbocycles. The van der Waals surface area contributed by atoms with Crippen molar-refractivity contribution in [3.8, 4) is 11.1 Å². The zero-order valence-corrected chi connectivity index (χ0v) is 30.7. The molecule has 0 spiro atoms. The first-order valence-electron chi connectivity index (χ1n) is 16.5. The van der Waals surface area contributed by atoms with E-state index in [0.717, 1.165) is 0 Å². The van der Waals surface area contributed by atoms with Crippen LogP contribution in [0.3, 0.4) is 0 Å². The Labute approximate surface area is 304 Å². The summed E-state index contributed by atoms with van der Waals surface area (Å²) in [6, 6.07) is 42.6. The van der Waals surface area contributed by atoms with Gasteiger partial charge in [-0.3, -0.25) is 0 Å². The highest BCUT2D eigenvalue weighted by Gasteiger charge is 2.47. The van der Waals surface area contributed by atoms with Crippen molar-refractivity contribution in [2.24, 2.45) is 0 Å². The lowest BCUT2D eigenvalue weighted by Crippen LogP contribution is -2.26. The molecule has 50 heavy (non-hydrogen) atoms. The van der Waals surface area contributed by atoms with Crippen molar-refractivity contribution in [2.75, 3.05) is 10.2 Å². The maximum absolute atomic E-state index is 9.75. The lowest BCUT2D eigenvalue weighted by molar-refractivity contribution is -0.482. The lowest BCUT2D eigenvalue weighted by Gasteiger charge is -2.26. The molecule has 0 fully saturated rings. The number of alkyl halides is 2. The molecule has 262 valence electrons. The van der Waals surface area contributed by atoms with Crippen molar-refractivity contribution in [3.63, 3.8) is 0 Å². The molecule has 1 aliphatic heterocycles. The summed E-state index contributed by atoms with van der Waals surface area (Å²) in [6.45, 7) is 13.5. The van der Waals surface area contributed by atoms with E-state index in [0.29, 0.717) is 5.92 Å². The molecule has 5 aromatic carbocycles. The summed E-state index contributed by atoms with van der Waals surface area (Å²) < 4.78 is 41.6. The third-order valence-electron chi connectivity index (χ3n) is 8.71. The molecule has 0 radical (unpaired) electrons. The fourth-order valence-corrected chi connectivity index (χ4v) is 6.99. The molecule has 9 heteroatoms. The lowest BCUT2D eigenvalue weighted by atomic mass is 9.89. The second-order valence-electron chi connectivity index (χ2n) is 12.7. The van der Waals surface area contributed by atoms with E-state index in [2.05, 4.69) is 173 Å². The van der Waals surface area contributed by atoms with Crippen molar-refractivity contribution in [1.29, 1.82) is 0 Å². The van der Waals surface area contributed by atoms with Gasteiger partial charge in [-0.1, -0.05) is 129 Å². The summed E-state index contributed by atoms with van der Waals surface area (Å²) >= 11 is 9.53. The molecule has 0 saturated carbocycles. The highest BCUT2D eigenvalue weighted by Crippen LogP contribution is 2.49. The molecule has 1 heterocycles. The molecular weight excluding hydrogens is 678 g/mol. The number of aryl methyl sites for hydroxylation is 4. The van der Waals surface area contributed by atoms with E-state index >= 15 is 0 Å². The summed E-state index contributed by atoms with van der Waals surface area (Å²) in [5.74, 6) is 0.402. The van der Waals surface area contributed by atoms with Crippen LogP contribution < -0.4 is 4.90 Å². The molecule has 0 saturated heterocycles. The number of benzene rings is 5. The van der Waals surface area contributed by atoms with E-state index < -0.39 is 7.25 Å². The third kappa shape index (κ3) is 9.38. The number of para-hydroxylation sites is 2. The second kappa shape index (κ2) is 17.2. The number of rotatable bonds is 6. The fourth-order valence-electron chi connectivity index (χ4n) is 6.99. The van der Waals surface area contributed by atoms with Crippen LogP contribution in [-0.4, -0.2) is 23.5 Å². The number of nitrogens with zero attached hydrogens (tertiary/aromatic N) is 2. The number of hydrogen-bond acceptors (Lipinski definition) is 1. The minimum atomic E-state index is -6.00. The van der Waals surface area contributed by atoms with Gasteiger partial charge in [0.1, 0.15) is 11.4 Å². The van der Waals surface area contributed by atoms with Gasteiger partial charge in [-0.2, -0.15) is 0 Å². The van der Waals surface area contributed by atoms with Gasteiger partial charge < -0.3 is 17.3 Å². The summed E-state index contributed by atoms with van der Waals surface area (Å²) in [7, 11) is -6.00. The average molecular weight is 722 g/mol. The Bertz CT molecular complexity index is 1870. The SMILES string of the molecule is Cc1cc(C)c(-c2ccccc2N2C=[N+](c3c(C)cccc3C(C)C)[C@@H](c3ccccc3)[C@@H]2c2ccccc2)c(C)c1.ClCCl.F[B-](F)(F)F. The zero-order chi connectivity index (χ0) is 36.6. The third-order valence-corrected chi connectivity index (χ3v) is 8.71. The van der Waals surface area contributed by atoms with Crippen molar-refractivity contribution in [1.82, 2.24) is 0 Å². The largest absolute Gasteiger partial charge is 0.673 e. The topological polar surface area (TPSA) is 6.25 Å². The van der Waals surface area contributed by atoms with E-state index in [4.69, 9.17) is 23.2 Å². The monoisotopic (exact) mass is 720 g/mol. The predicted molar refractivity (Wildman–Crippen MR) is 205 cm³/mol. The maximum Gasteiger partial charge on any atom is 0.673 e. The summed E-state index contributed by atoms with van der Waals surface area (Å²) in [6.07, 6.45) is 2.39. The molecule has 2 nitrogen and oxygen atoms in total. The van der Waals surface area contributed by atoms with E-state index in [1.165, 1.54) is 61.4 Å². The fraction of sp³-hybridized carbons (Fsp3) is 0.244. The Morgan fingerprint density at radius 3 is 1.72 bits per heavy atom. The van der Waals surface area contributed by atoms with Gasteiger partial charge in [-0.15, -0.1) is 23.2 Å². The quantitative estimate of drug-likeness (QED) is 0.0732. The smallest absolute Gasteiger partial charge is 0.418 e. The average Bonchev–Trinajstić information content (AvgIpc) is 3.45. The van der Waals surface area contributed by atoms with Crippen molar-refractivity contribution < 1.29 is 21.8 Å². The molecule has 0 bridgehead atoms. The Hall–Kier alpha value is -4.07. The predicted octanol–water partition coefficient (Wildman–Crippen LogP) is 13.1. The molecule has 5 aromatic rings. The highest BCUT2D eigenvalue weighted by molar-refractivity contribution is 6.50. The van der Waals surface area contributed by atoms with Crippen LogP contribution in [0.25, 0.3) is 11.1 Å². The number of anilines is 1. The number of hydrogen-bond donors (Lipinski definition) is 0. The highest BCUT2D eigenvalue weighted by atomic mass is 35.5. The van der Waals surface area contributed by atoms with Crippen molar-refractivity contribution >= 4 is 48.2 Å². The molecule has 1 aliphatic rings. The molecule has 0 amide bonds. The summed E-state index contributed by atoms with van der Waals surface area (Å²) in [5.41, 5.74) is 14.3. The molecule has 2 atom stereocenters. The van der Waals surface area contributed by atoms with Gasteiger partial charge in [-0.25, -0.2) is 9.48 Å². The zero-order valence-electron chi connectivity index (χ0n) is 29.2. The maximum atomic E-state index is 9.75. The Morgan fingerprint density at radius 2 is 1.18 bits per heavy atom. The van der Waals surface area contributed by atoms with Gasteiger partial charge in [-0.05, 0) is 61.9 Å². The van der Waals surface area contributed by atoms with Crippen LogP contribution in [-0.2, 0) is 0 Å². The van der Waals surface area contributed by atoms with Crippen LogP contribution in [0.15, 0.2) is 115 Å². The molecular formula is C41H43BCl2F4N2. The molecule has 0 N–H and O–H groups in total. The molecule has 0 unspecified atom stereocenters. The first-order chi connectivity index (χ1) is 23.8. The first-order valence-corrected chi connectivity index (χ1v) is 17.6. The minimum Gasteiger partial charge on any atom is -0.418 e. The first kappa shape index (κ1) is 38.7. The van der Waals surface area contributed by atoms with Crippen molar-refractivity contribution in [2.45, 2.75) is 59.5 Å². The van der Waals surface area contributed by atoms with E-state index in [1.54, 1.807) is 0 Å². The summed E-state index contributed by atoms with van der Waals surface area (Å²) in [4.78, 5) is 2.54.